The van der Waals surface area contributed by atoms with E-state index in [1.54, 1.807) is 55.5 Å². The molecule has 0 saturated carbocycles. The van der Waals surface area contributed by atoms with E-state index in [9.17, 15) is 22.9 Å². The molecule has 10 aromatic rings. The number of nitrogens with zero attached hydrogens (tertiary/aromatic N) is 10. The van der Waals surface area contributed by atoms with Crippen molar-refractivity contribution >= 4 is 78.4 Å². The summed E-state index contributed by atoms with van der Waals surface area (Å²) in [5.41, 5.74) is 3.53. The van der Waals surface area contributed by atoms with Gasteiger partial charge in [0.05, 0.1) is 63.6 Å². The molecule has 90 heavy (non-hydrogen) atoms. The number of halogens is 5. The summed E-state index contributed by atoms with van der Waals surface area (Å²) >= 11 is 8.55. The maximum absolute atomic E-state index is 15.7. The molecule has 10 rings (SSSR count). The highest BCUT2D eigenvalue weighted by Crippen LogP contribution is 2.47. The third-order valence-corrected chi connectivity index (χ3v) is 17.6. The topological polar surface area (TPSA) is 209 Å². The Hall–Kier alpha value is -8.74. The first kappa shape index (κ1) is 65.7. The molecule has 0 saturated heterocycles. The molecule has 2 unspecified atom stereocenters. The Morgan fingerprint density at radius 1 is 0.611 bits per heavy atom. The van der Waals surface area contributed by atoms with Gasteiger partial charge in [0, 0.05) is 76.2 Å². The lowest BCUT2D eigenvalue weighted by atomic mass is 9.81. The number of ether oxygens (including phenoxy) is 4. The van der Waals surface area contributed by atoms with Gasteiger partial charge in [0.1, 0.15) is 59.8 Å². The minimum Gasteiger partial charge on any atom is -0.435 e. The van der Waals surface area contributed by atoms with Crippen LogP contribution in [0.1, 0.15) is 78.7 Å². The minimum atomic E-state index is -2.67. The van der Waals surface area contributed by atoms with Crippen molar-refractivity contribution in [1.29, 1.82) is 0 Å². The average molecular weight is 1300 g/mol. The Morgan fingerprint density at radius 3 is 1.38 bits per heavy atom. The van der Waals surface area contributed by atoms with Crippen molar-refractivity contribution in [3.63, 3.8) is 0 Å². The fourth-order valence-corrected chi connectivity index (χ4v) is 12.1. The van der Waals surface area contributed by atoms with E-state index in [1.807, 2.05) is 66.2 Å². The molecule has 0 fully saturated rings. The molecule has 0 bridgehead atoms. The molecular weight excluding hydrogens is 1240 g/mol. The number of hydrogen-bond acceptors (Lipinski definition) is 18. The smallest absolute Gasteiger partial charge is 0.340 e. The van der Waals surface area contributed by atoms with Crippen LogP contribution in [-0.2, 0) is 64.8 Å². The van der Waals surface area contributed by atoms with Gasteiger partial charge in [-0.2, -0.15) is 10.2 Å². The number of rotatable bonds is 26. The van der Waals surface area contributed by atoms with Crippen LogP contribution in [0.3, 0.4) is 0 Å². The van der Waals surface area contributed by atoms with E-state index >= 15 is 8.78 Å². The number of esters is 2. The second-order valence-corrected chi connectivity index (χ2v) is 25.5. The van der Waals surface area contributed by atoms with Crippen LogP contribution >= 0.6 is 41.6 Å². The van der Waals surface area contributed by atoms with Crippen molar-refractivity contribution in [2.24, 2.45) is 9.98 Å². The number of carbonyl (C=O) groups is 2. The molecule has 464 valence electrons. The Kier molecular flexibility index (Phi) is 21.7. The van der Waals surface area contributed by atoms with Crippen LogP contribution in [0.5, 0.6) is 0 Å². The summed E-state index contributed by atoms with van der Waals surface area (Å²) in [6.07, 6.45) is 5.57. The van der Waals surface area contributed by atoms with Crippen LogP contribution in [0.2, 0.25) is 0 Å². The standard InChI is InChI=1S/C33H32F2N5O5PS.C31H26ClF2N5O3S/c1-22(31-39-30(17-47-31)24-9-12-27(36-2)13-10-24)33(18-40-20-37-19-38-40,28-14-11-26(34)15-29(28)35)44-21-43-32(41)25-7-5-23(6-8-25)16-45-46(3,4)42;1-20(29-38-28(15-43-29)22-7-10-25(35-2)11-8-22)31(16-39-18-36-17-37-39,26-12-9-24(33)13-27(26)34)42-19-41-30(40)23-5-3-21(14-32)4-6-23/h5-15,17,19-20,22H,2,16,18,21H2,1,3-4H3;3-13,15,17-18,20H,2,14,16,19H2,1H3/t22-,33?;20-,31?/m00/s1. The van der Waals surface area contributed by atoms with Gasteiger partial charge in [0.15, 0.2) is 21.0 Å². The molecule has 0 amide bonds. The molecule has 0 radical (unpaired) electrons. The number of aliphatic imine (C=N–C) groups is 2. The molecule has 18 nitrogen and oxygen atoms in total. The largest absolute Gasteiger partial charge is 0.435 e. The minimum absolute atomic E-state index is 0.0181. The second kappa shape index (κ2) is 29.7. The van der Waals surface area contributed by atoms with Crippen molar-refractivity contribution in [3.05, 3.63) is 236 Å². The number of hydrogen-bond donors (Lipinski definition) is 0. The Balaban J connectivity index is 0.000000214. The molecule has 6 aromatic carbocycles. The van der Waals surface area contributed by atoms with E-state index in [2.05, 4.69) is 43.6 Å². The normalized spacial score (nSPS) is 13.4. The van der Waals surface area contributed by atoms with Gasteiger partial charge < -0.3 is 23.5 Å². The second-order valence-electron chi connectivity index (χ2n) is 20.6. The summed E-state index contributed by atoms with van der Waals surface area (Å²) in [5, 5.41) is 13.4. The zero-order valence-corrected chi connectivity index (χ0v) is 52.2. The zero-order chi connectivity index (χ0) is 64.0. The molecule has 0 aliphatic rings. The maximum Gasteiger partial charge on any atom is 0.340 e. The Morgan fingerprint density at radius 2 is 1.02 bits per heavy atom. The van der Waals surface area contributed by atoms with E-state index in [4.69, 9.17) is 45.0 Å². The van der Waals surface area contributed by atoms with Gasteiger partial charge in [0.2, 0.25) is 0 Å². The van der Waals surface area contributed by atoms with Gasteiger partial charge in [-0.25, -0.2) is 56.5 Å². The van der Waals surface area contributed by atoms with Crippen LogP contribution in [0.25, 0.3) is 22.5 Å². The number of carbonyl (C=O) groups excluding carboxylic acids is 2. The quantitative estimate of drug-likeness (QED) is 0.0123. The highest BCUT2D eigenvalue weighted by Gasteiger charge is 2.47. The predicted octanol–water partition coefficient (Wildman–Crippen LogP) is 14.9. The lowest BCUT2D eigenvalue weighted by Gasteiger charge is -2.38. The first-order valence-corrected chi connectivity index (χ1v) is 32.3. The third kappa shape index (κ3) is 16.2. The zero-order valence-electron chi connectivity index (χ0n) is 48.9. The molecule has 4 aromatic heterocycles. The van der Waals surface area contributed by atoms with Crippen LogP contribution < -0.4 is 0 Å². The fraction of sp³-hybridized carbons (Fsp3) is 0.219. The molecule has 4 heterocycles. The van der Waals surface area contributed by atoms with E-state index in [-0.39, 0.29) is 36.4 Å². The van der Waals surface area contributed by atoms with E-state index in [1.165, 1.54) is 82.8 Å². The van der Waals surface area contributed by atoms with Gasteiger partial charge in [-0.15, -0.1) is 34.3 Å². The summed E-state index contributed by atoms with van der Waals surface area (Å²) in [4.78, 5) is 51.4. The average Bonchev–Trinajstić information content (AvgIpc) is 1.17. The van der Waals surface area contributed by atoms with Crippen molar-refractivity contribution in [2.45, 2.75) is 62.5 Å². The van der Waals surface area contributed by atoms with Gasteiger partial charge in [-0.3, -0.25) is 14.5 Å². The first-order chi connectivity index (χ1) is 43.3. The highest BCUT2D eigenvalue weighted by molar-refractivity contribution is 7.57. The van der Waals surface area contributed by atoms with Crippen LogP contribution in [-0.4, -0.2) is 91.8 Å². The van der Waals surface area contributed by atoms with Gasteiger partial charge in [-0.1, -0.05) is 74.5 Å². The van der Waals surface area contributed by atoms with Crippen molar-refractivity contribution < 1.29 is 55.2 Å². The number of benzene rings is 6. The Bertz CT molecular complexity index is 4110. The van der Waals surface area contributed by atoms with Gasteiger partial charge >= 0.3 is 11.9 Å². The molecular formula is C64H58ClF4N10O8PS2. The molecule has 4 atom stereocenters. The number of aromatic nitrogens is 8. The van der Waals surface area contributed by atoms with E-state index in [0.29, 0.717) is 38.5 Å². The monoisotopic (exact) mass is 1300 g/mol. The highest BCUT2D eigenvalue weighted by atomic mass is 35.5. The first-order valence-electron chi connectivity index (χ1n) is 27.5. The fourth-order valence-electron chi connectivity index (χ4n) is 9.54. The summed E-state index contributed by atoms with van der Waals surface area (Å²) < 4.78 is 103. The van der Waals surface area contributed by atoms with E-state index < -0.39 is 79.2 Å². The third-order valence-electron chi connectivity index (χ3n) is 14.5. The van der Waals surface area contributed by atoms with Gasteiger partial charge in [-0.05, 0) is 85.2 Å². The lowest BCUT2D eigenvalue weighted by molar-refractivity contribution is -0.148. The number of thiazole rings is 2. The predicted molar refractivity (Wildman–Crippen MR) is 336 cm³/mol. The summed E-state index contributed by atoms with van der Waals surface area (Å²) in [7, 11) is -2.67. The molecule has 0 aliphatic heterocycles. The van der Waals surface area contributed by atoms with Crippen LogP contribution in [0, 0.1) is 23.3 Å². The SMILES string of the molecule is C=Nc1ccc(-c2csc([C@H](C)C(Cn3cncn3)(OCOC(=O)c3ccc(CCl)cc3)c3ccc(F)cc3F)n2)cc1.C=Nc1ccc(-c2csc([C@H](C)C(Cn3cncn3)(OCOC(=O)c3ccc(COP(C)(C)=O)cc3)c3ccc(F)cc3F)n2)cc1. The molecule has 0 N–H and O–H groups in total. The van der Waals surface area contributed by atoms with Crippen LogP contribution in [0.15, 0.2) is 180 Å². The van der Waals surface area contributed by atoms with Crippen LogP contribution in [0.4, 0.5) is 28.9 Å². The van der Waals surface area contributed by atoms with E-state index in [0.717, 1.165) is 52.2 Å². The summed E-state index contributed by atoms with van der Waals surface area (Å²) in [5.74, 6) is -5.51. The summed E-state index contributed by atoms with van der Waals surface area (Å²) in [6.45, 7) is 12.6. The molecule has 0 aliphatic carbocycles. The van der Waals surface area contributed by atoms with Gasteiger partial charge in [0.25, 0.3) is 0 Å². The van der Waals surface area contributed by atoms with Crippen molar-refractivity contribution in [3.8, 4) is 22.5 Å². The number of alkyl halides is 1. The van der Waals surface area contributed by atoms with Crippen molar-refractivity contribution in [2.75, 3.05) is 26.9 Å². The van der Waals surface area contributed by atoms with Crippen molar-refractivity contribution in [1.82, 2.24) is 39.5 Å². The molecule has 26 heteroatoms. The summed E-state index contributed by atoms with van der Waals surface area (Å²) in [6, 6.07) is 34.3. The molecule has 0 spiro atoms. The lowest BCUT2D eigenvalue weighted by Crippen LogP contribution is -2.42. The Labute approximate surface area is 528 Å². The maximum atomic E-state index is 15.7.